The number of aliphatic hydroxyl groups is 1. The number of nitrogens with two attached hydrogens (primary N) is 1. The van der Waals surface area contributed by atoms with Gasteiger partial charge in [-0.2, -0.15) is 0 Å². The van der Waals surface area contributed by atoms with Gasteiger partial charge in [0.2, 0.25) is 23.6 Å². The van der Waals surface area contributed by atoms with Crippen LogP contribution >= 0.6 is 0 Å². The zero-order valence-electron chi connectivity index (χ0n) is 38.5. The maximum atomic E-state index is 15.1. The Morgan fingerprint density at radius 3 is 2.15 bits per heavy atom. The smallest absolute Gasteiger partial charge is 0.333 e. The van der Waals surface area contributed by atoms with E-state index in [2.05, 4.69) is 10.6 Å². The number of imide groups is 1. The number of nitrogens with zero attached hydrogens (tertiary/aromatic N) is 3. The number of aromatic nitrogens is 1. The minimum absolute atomic E-state index is 0.000400. The molecule has 1 aliphatic heterocycles. The molecule has 6 amide bonds. The van der Waals surface area contributed by atoms with Crippen molar-refractivity contribution in [1.29, 1.82) is 0 Å². The molecule has 362 valence electrons. The molecule has 1 aromatic heterocycles. The van der Waals surface area contributed by atoms with Gasteiger partial charge in [0.15, 0.2) is 11.6 Å². The monoisotopic (exact) mass is 934 g/mol. The van der Waals surface area contributed by atoms with Crippen LogP contribution in [0.2, 0.25) is 0 Å². The van der Waals surface area contributed by atoms with Gasteiger partial charge in [-0.1, -0.05) is 58.0 Å². The molecular weight excluding hydrogens is 875 g/mol. The molecule has 4 atom stereocenters. The first kappa shape index (κ1) is 53.0. The summed E-state index contributed by atoms with van der Waals surface area (Å²) in [6.07, 6.45) is 0.537. The highest BCUT2D eigenvalue weighted by Crippen LogP contribution is 2.41. The quantitative estimate of drug-likeness (QED) is 0.0687. The molecule has 2 heterocycles. The minimum Gasteiger partial charge on any atom is -0.387 e. The third-order valence-corrected chi connectivity index (χ3v) is 11.2. The first-order chi connectivity index (χ1) is 31.6. The lowest BCUT2D eigenvalue weighted by Gasteiger charge is -2.41. The molecule has 0 saturated carbocycles. The zero-order chi connectivity index (χ0) is 49.6. The Morgan fingerprint density at radius 1 is 0.851 bits per heavy atom. The Balaban J connectivity index is 1.37. The highest BCUT2D eigenvalue weighted by Gasteiger charge is 2.37. The highest BCUT2D eigenvalue weighted by molar-refractivity contribution is 6.01. The number of benzene rings is 2. The summed E-state index contributed by atoms with van der Waals surface area (Å²) in [5.41, 5.74) is 6.66. The second-order valence-corrected chi connectivity index (χ2v) is 17.8. The molecule has 0 radical (unpaired) electrons. The number of unbranched alkanes of at least 4 members (excludes halogenated alkanes) is 1. The first-order valence-electron chi connectivity index (χ1n) is 22.2. The summed E-state index contributed by atoms with van der Waals surface area (Å²) < 4.78 is 31.4. The van der Waals surface area contributed by atoms with Crippen molar-refractivity contribution in [2.24, 2.45) is 17.1 Å². The topological polar surface area (TPSA) is 245 Å². The van der Waals surface area contributed by atoms with Gasteiger partial charge in [0.05, 0.1) is 24.5 Å². The normalized spacial score (nSPS) is 14.5. The van der Waals surface area contributed by atoms with E-state index in [-0.39, 0.29) is 69.9 Å². The van der Waals surface area contributed by atoms with Crippen molar-refractivity contribution >= 4 is 53.0 Å². The van der Waals surface area contributed by atoms with E-state index >= 15 is 4.39 Å². The number of hydrogen-bond acceptors (Lipinski definition) is 11. The molecule has 0 bridgehead atoms. The van der Waals surface area contributed by atoms with E-state index in [4.69, 9.17) is 10.6 Å². The molecule has 67 heavy (non-hydrogen) atoms. The molecule has 1 aliphatic rings. The van der Waals surface area contributed by atoms with Crippen LogP contribution in [0.25, 0.3) is 11.1 Å². The fraction of sp³-hybridized carbons (Fsp3) is 0.479. The van der Waals surface area contributed by atoms with E-state index in [1.807, 2.05) is 55.7 Å². The van der Waals surface area contributed by atoms with Gasteiger partial charge in [-0.05, 0) is 61.4 Å². The Bertz CT molecular complexity index is 2300. The standard InChI is InChI=1S/C48H60F2N6O11/c1-29(22-39(59)30(2)52-41(61)15-11-16-45(65)67-56-42(62)19-20-43(56)63)47(66)53-36(25-40(51)60)38(58)14-9-10-21-55(44(64)28-57)46(48(3,4)5)37-23-32(34-24-33(49)17-18-35(34)50)27-54(37)26-31-12-7-6-8-13-31/h6-8,12-13,17-18,23-24,27,29-30,36,46,57H,9-11,14-16,19-22,25-26,28H2,1-5H3,(H2,51,60)(H,52,61)(H,53,66)/t29-,30?,36-,46-/m0/s1. The van der Waals surface area contributed by atoms with Crippen molar-refractivity contribution < 1.29 is 61.9 Å². The van der Waals surface area contributed by atoms with E-state index in [0.29, 0.717) is 22.9 Å². The third-order valence-electron chi connectivity index (χ3n) is 11.2. The summed E-state index contributed by atoms with van der Waals surface area (Å²) in [7, 11) is 0. The van der Waals surface area contributed by atoms with Crippen LogP contribution in [0.4, 0.5) is 8.78 Å². The summed E-state index contributed by atoms with van der Waals surface area (Å²) in [5.74, 6) is -8.21. The van der Waals surface area contributed by atoms with Gasteiger partial charge in [-0.15, -0.1) is 5.06 Å². The predicted octanol–water partition coefficient (Wildman–Crippen LogP) is 4.37. The summed E-state index contributed by atoms with van der Waals surface area (Å²) >= 11 is 0. The number of hydrogen-bond donors (Lipinski definition) is 4. The van der Waals surface area contributed by atoms with Crippen LogP contribution in [0.1, 0.15) is 116 Å². The molecule has 2 aromatic carbocycles. The van der Waals surface area contributed by atoms with Crippen molar-refractivity contribution in [2.75, 3.05) is 13.2 Å². The van der Waals surface area contributed by atoms with Gasteiger partial charge in [0, 0.05) is 80.6 Å². The Labute approximate surface area is 387 Å². The van der Waals surface area contributed by atoms with Crippen LogP contribution in [0.15, 0.2) is 60.8 Å². The lowest BCUT2D eigenvalue weighted by Crippen LogP contribution is -2.46. The number of carbonyl (C=O) groups excluding carboxylic acids is 9. The van der Waals surface area contributed by atoms with E-state index in [9.17, 15) is 52.6 Å². The van der Waals surface area contributed by atoms with Crippen molar-refractivity contribution in [3.8, 4) is 11.1 Å². The average molecular weight is 935 g/mol. The number of halogens is 2. The summed E-state index contributed by atoms with van der Waals surface area (Å²) in [4.78, 5) is 119. The van der Waals surface area contributed by atoms with Crippen molar-refractivity contribution in [3.63, 3.8) is 0 Å². The van der Waals surface area contributed by atoms with Crippen LogP contribution in [0.5, 0.6) is 0 Å². The Kier molecular flexibility index (Phi) is 19.2. The molecule has 5 N–H and O–H groups in total. The van der Waals surface area contributed by atoms with Gasteiger partial charge in [-0.25, -0.2) is 13.6 Å². The lowest BCUT2D eigenvalue weighted by atomic mass is 9.82. The largest absolute Gasteiger partial charge is 0.387 e. The van der Waals surface area contributed by atoms with Crippen molar-refractivity contribution in [2.45, 2.75) is 123 Å². The predicted molar refractivity (Wildman–Crippen MR) is 238 cm³/mol. The molecule has 1 fully saturated rings. The number of aliphatic hydroxyl groups excluding tert-OH is 1. The summed E-state index contributed by atoms with van der Waals surface area (Å²) in [6, 6.07) is 11.2. The second kappa shape index (κ2) is 24.2. The molecule has 4 rings (SSSR count). The number of amides is 6. The third kappa shape index (κ3) is 15.5. The summed E-state index contributed by atoms with van der Waals surface area (Å²) in [5, 5.41) is 15.6. The summed E-state index contributed by atoms with van der Waals surface area (Å²) in [6.45, 7) is 8.11. The van der Waals surface area contributed by atoms with Gasteiger partial charge in [0.25, 0.3) is 11.8 Å². The Morgan fingerprint density at radius 2 is 1.52 bits per heavy atom. The van der Waals surface area contributed by atoms with Crippen LogP contribution < -0.4 is 16.4 Å². The van der Waals surface area contributed by atoms with E-state index in [1.54, 1.807) is 12.3 Å². The van der Waals surface area contributed by atoms with Gasteiger partial charge in [-0.3, -0.25) is 38.4 Å². The molecular formula is C48H60F2N6O11. The molecule has 0 spiro atoms. The second-order valence-electron chi connectivity index (χ2n) is 17.8. The van der Waals surface area contributed by atoms with E-state index < -0.39 is 107 Å². The van der Waals surface area contributed by atoms with Crippen molar-refractivity contribution in [1.82, 2.24) is 25.2 Å². The lowest BCUT2D eigenvalue weighted by molar-refractivity contribution is -0.197. The Hall–Kier alpha value is -6.63. The number of carbonyl (C=O) groups is 9. The number of primary amides is 1. The molecule has 1 unspecified atom stereocenters. The van der Waals surface area contributed by atoms with Crippen LogP contribution in [-0.2, 0) is 54.5 Å². The zero-order valence-corrected chi connectivity index (χ0v) is 38.5. The number of nitrogens with one attached hydrogen (secondary N) is 2. The number of hydroxylamine groups is 2. The van der Waals surface area contributed by atoms with E-state index in [1.165, 1.54) is 18.7 Å². The molecule has 3 aromatic rings. The highest BCUT2D eigenvalue weighted by atomic mass is 19.1. The first-order valence-corrected chi connectivity index (χ1v) is 22.2. The molecule has 17 nitrogen and oxygen atoms in total. The van der Waals surface area contributed by atoms with Crippen LogP contribution in [0, 0.1) is 23.0 Å². The molecule has 19 heteroatoms. The van der Waals surface area contributed by atoms with Crippen LogP contribution in [0.3, 0.4) is 0 Å². The van der Waals surface area contributed by atoms with Gasteiger partial charge < -0.3 is 35.8 Å². The maximum absolute atomic E-state index is 15.1. The average Bonchev–Trinajstić information content (AvgIpc) is 3.81. The number of Topliss-reactive ketones (excluding diaryl/α,β-unsaturated/α-hetero) is 2. The number of rotatable bonds is 25. The molecule has 0 aliphatic carbocycles. The van der Waals surface area contributed by atoms with Crippen molar-refractivity contribution in [3.05, 3.63) is 83.7 Å². The maximum Gasteiger partial charge on any atom is 0.333 e. The SMILES string of the molecule is CC(NC(=O)CCCC(=O)ON1C(=O)CCC1=O)C(=O)C[C@H](C)C(=O)N[C@@H](CC(N)=O)C(=O)CCCCN(C(=O)CO)[C@@H](c1cc(-c2cc(F)ccc2F)cn1Cc1ccccc1)C(C)(C)C. The van der Waals surface area contributed by atoms with Crippen LogP contribution in [-0.4, -0.2) is 97.9 Å². The number of ketones is 2. The van der Waals surface area contributed by atoms with Gasteiger partial charge >= 0.3 is 5.97 Å². The minimum atomic E-state index is -1.33. The van der Waals surface area contributed by atoms with Gasteiger partial charge in [0.1, 0.15) is 18.2 Å². The fourth-order valence-corrected chi connectivity index (χ4v) is 7.78. The van der Waals surface area contributed by atoms with E-state index in [0.717, 1.165) is 23.8 Å². The fourth-order valence-electron chi connectivity index (χ4n) is 7.78. The molecule has 1 saturated heterocycles.